The zero-order valence-corrected chi connectivity index (χ0v) is 16.4. The molecule has 0 atom stereocenters. The van der Waals surface area contributed by atoms with Crippen LogP contribution in [-0.4, -0.2) is 26.5 Å². The van der Waals surface area contributed by atoms with Gasteiger partial charge >= 0.3 is 0 Å². The van der Waals surface area contributed by atoms with Crippen molar-refractivity contribution in [1.29, 1.82) is 0 Å². The van der Waals surface area contributed by atoms with E-state index in [9.17, 15) is 18.3 Å². The first-order valence-electron chi connectivity index (χ1n) is 8.36. The molecular formula is C19H18N4O5S. The highest BCUT2D eigenvalue weighted by Gasteiger charge is 2.18. The van der Waals surface area contributed by atoms with Crippen molar-refractivity contribution in [3.05, 3.63) is 48.5 Å². The van der Waals surface area contributed by atoms with E-state index >= 15 is 0 Å². The van der Waals surface area contributed by atoms with E-state index in [1.165, 1.54) is 13.0 Å². The molecule has 0 saturated heterocycles. The minimum atomic E-state index is -3.98. The molecular weight excluding hydrogens is 396 g/mol. The fraction of sp³-hybridized carbons (Fsp3) is 0.105. The molecule has 0 heterocycles. The van der Waals surface area contributed by atoms with Crippen molar-refractivity contribution in [2.24, 2.45) is 10.2 Å². The number of hydrogen-bond acceptors (Lipinski definition) is 8. The fourth-order valence-corrected chi connectivity index (χ4v) is 3.40. The summed E-state index contributed by atoms with van der Waals surface area (Å²) in [6.45, 7) is 1.41. The van der Waals surface area contributed by atoms with Gasteiger partial charge in [-0.3, -0.25) is 8.98 Å². The van der Waals surface area contributed by atoms with Gasteiger partial charge in [0.15, 0.2) is 0 Å². The van der Waals surface area contributed by atoms with E-state index in [1.807, 2.05) is 0 Å². The average molecular weight is 414 g/mol. The van der Waals surface area contributed by atoms with Crippen LogP contribution in [0.1, 0.15) is 6.92 Å². The molecule has 0 aliphatic rings. The monoisotopic (exact) mass is 414 g/mol. The molecule has 0 bridgehead atoms. The quantitative estimate of drug-likeness (QED) is 0.329. The van der Waals surface area contributed by atoms with Crippen LogP contribution in [0.2, 0.25) is 0 Å². The molecule has 0 spiro atoms. The summed E-state index contributed by atoms with van der Waals surface area (Å²) < 4.78 is 28.3. The van der Waals surface area contributed by atoms with E-state index in [2.05, 4.69) is 19.7 Å². The molecule has 0 aromatic heterocycles. The van der Waals surface area contributed by atoms with E-state index in [0.717, 1.165) is 13.2 Å². The summed E-state index contributed by atoms with van der Waals surface area (Å²) in [6, 6.07) is 12.2. The SMILES string of the molecule is COS(=O)(=O)c1cc(O)c2c(N=Nc3ccc(NC(C)=O)cc3)c(N)ccc2c1. The van der Waals surface area contributed by atoms with Gasteiger partial charge in [-0.2, -0.15) is 13.5 Å². The Morgan fingerprint density at radius 2 is 1.79 bits per heavy atom. The Bertz CT molecular complexity index is 1220. The lowest BCUT2D eigenvalue weighted by Crippen LogP contribution is -2.04. The number of phenolic OH excluding ortho intramolecular Hbond substituents is 1. The lowest BCUT2D eigenvalue weighted by molar-refractivity contribution is -0.114. The molecule has 0 unspecified atom stereocenters. The van der Waals surface area contributed by atoms with Gasteiger partial charge in [-0.15, -0.1) is 5.11 Å². The zero-order valence-electron chi connectivity index (χ0n) is 15.6. The third-order valence-electron chi connectivity index (χ3n) is 4.04. The summed E-state index contributed by atoms with van der Waals surface area (Å²) in [6.07, 6.45) is 0. The van der Waals surface area contributed by atoms with Crippen LogP contribution < -0.4 is 11.1 Å². The number of rotatable bonds is 5. The molecule has 3 aromatic carbocycles. The number of nitrogens with one attached hydrogen (secondary N) is 1. The predicted molar refractivity (Wildman–Crippen MR) is 109 cm³/mol. The second-order valence-electron chi connectivity index (χ2n) is 6.09. The average Bonchev–Trinajstić information content (AvgIpc) is 2.68. The topological polar surface area (TPSA) is 143 Å². The number of carbonyl (C=O) groups excluding carboxylic acids is 1. The lowest BCUT2D eigenvalue weighted by Gasteiger charge is -2.09. The van der Waals surface area contributed by atoms with E-state index in [-0.39, 0.29) is 33.3 Å². The number of anilines is 2. The van der Waals surface area contributed by atoms with Crippen LogP contribution in [0.25, 0.3) is 10.8 Å². The standard InChI is InChI=1S/C19H18N4O5S/c1-11(24)21-13-4-6-14(7-5-13)22-23-19-16(20)8-3-12-9-15(29(26,27)28-2)10-17(25)18(12)19/h3-10,25H,20H2,1-2H3,(H,21,24). The number of amides is 1. The van der Waals surface area contributed by atoms with E-state index < -0.39 is 10.1 Å². The summed E-state index contributed by atoms with van der Waals surface area (Å²) in [5, 5.41) is 22.0. The number of nitrogens with two attached hydrogens (primary N) is 1. The third kappa shape index (κ3) is 4.33. The van der Waals surface area contributed by atoms with Gasteiger partial charge in [0.05, 0.1) is 28.8 Å². The van der Waals surface area contributed by atoms with Crippen LogP contribution in [0.5, 0.6) is 5.75 Å². The van der Waals surface area contributed by atoms with Crippen LogP contribution in [0.4, 0.5) is 22.7 Å². The van der Waals surface area contributed by atoms with Crippen molar-refractivity contribution in [1.82, 2.24) is 0 Å². The van der Waals surface area contributed by atoms with Crippen molar-refractivity contribution < 1.29 is 22.5 Å². The van der Waals surface area contributed by atoms with Crippen molar-refractivity contribution in [2.45, 2.75) is 11.8 Å². The molecule has 0 saturated carbocycles. The van der Waals surface area contributed by atoms with Gasteiger partial charge in [0.2, 0.25) is 5.91 Å². The maximum atomic E-state index is 11.9. The summed E-state index contributed by atoms with van der Waals surface area (Å²) in [7, 11) is -2.94. The van der Waals surface area contributed by atoms with Crippen LogP contribution >= 0.6 is 0 Å². The molecule has 9 nitrogen and oxygen atoms in total. The number of nitrogen functional groups attached to an aromatic ring is 1. The molecule has 29 heavy (non-hydrogen) atoms. The van der Waals surface area contributed by atoms with Gasteiger partial charge in [-0.05, 0) is 41.8 Å². The molecule has 1 amide bonds. The molecule has 3 rings (SSSR count). The number of aromatic hydroxyl groups is 1. The zero-order chi connectivity index (χ0) is 21.2. The van der Waals surface area contributed by atoms with Crippen LogP contribution in [0, 0.1) is 0 Å². The Hall–Kier alpha value is -3.50. The predicted octanol–water partition coefficient (Wildman–Crippen LogP) is 3.84. The minimum Gasteiger partial charge on any atom is -0.507 e. The molecule has 4 N–H and O–H groups in total. The second-order valence-corrected chi connectivity index (χ2v) is 7.81. The summed E-state index contributed by atoms with van der Waals surface area (Å²) in [4.78, 5) is 10.9. The van der Waals surface area contributed by atoms with Crippen LogP contribution in [0.15, 0.2) is 63.7 Å². The summed E-state index contributed by atoms with van der Waals surface area (Å²) in [5.41, 5.74) is 7.56. The Balaban J connectivity index is 2.04. The van der Waals surface area contributed by atoms with Gasteiger partial charge in [-0.25, -0.2) is 0 Å². The van der Waals surface area contributed by atoms with Gasteiger partial charge < -0.3 is 16.2 Å². The van der Waals surface area contributed by atoms with Gasteiger partial charge in [0.1, 0.15) is 11.4 Å². The van der Waals surface area contributed by atoms with E-state index in [1.54, 1.807) is 36.4 Å². The molecule has 150 valence electrons. The molecule has 0 aliphatic heterocycles. The lowest BCUT2D eigenvalue weighted by atomic mass is 10.1. The largest absolute Gasteiger partial charge is 0.507 e. The molecule has 0 aliphatic carbocycles. The number of hydrogen-bond donors (Lipinski definition) is 3. The molecule has 3 aromatic rings. The normalized spacial score (nSPS) is 11.8. The Morgan fingerprint density at radius 1 is 1.10 bits per heavy atom. The molecule has 0 radical (unpaired) electrons. The van der Waals surface area contributed by atoms with Crippen molar-refractivity contribution in [3.8, 4) is 5.75 Å². The summed E-state index contributed by atoms with van der Waals surface area (Å²) >= 11 is 0. The van der Waals surface area contributed by atoms with Crippen molar-refractivity contribution >= 4 is 49.5 Å². The Kier molecular flexibility index (Phi) is 5.48. The first-order valence-corrected chi connectivity index (χ1v) is 9.77. The number of nitrogens with zero attached hydrogens (tertiary/aromatic N) is 2. The highest BCUT2D eigenvalue weighted by molar-refractivity contribution is 7.86. The second kappa shape index (κ2) is 7.86. The molecule has 0 fully saturated rings. The van der Waals surface area contributed by atoms with Gasteiger partial charge in [0.25, 0.3) is 10.1 Å². The number of phenols is 1. The first-order chi connectivity index (χ1) is 13.7. The van der Waals surface area contributed by atoms with Gasteiger partial charge in [0, 0.05) is 18.7 Å². The van der Waals surface area contributed by atoms with Crippen molar-refractivity contribution in [2.75, 3.05) is 18.2 Å². The summed E-state index contributed by atoms with van der Waals surface area (Å²) in [5.74, 6) is -0.506. The van der Waals surface area contributed by atoms with Gasteiger partial charge in [-0.1, -0.05) is 6.07 Å². The van der Waals surface area contributed by atoms with E-state index in [4.69, 9.17) is 5.73 Å². The number of fused-ring (bicyclic) bond motifs is 1. The first kappa shape index (κ1) is 20.2. The maximum absolute atomic E-state index is 11.9. The van der Waals surface area contributed by atoms with E-state index in [0.29, 0.717) is 16.8 Å². The molecule has 10 heteroatoms. The minimum absolute atomic E-state index is 0.187. The number of azo groups is 1. The third-order valence-corrected chi connectivity index (χ3v) is 5.29. The van der Waals surface area contributed by atoms with Crippen LogP contribution in [0.3, 0.4) is 0 Å². The van der Waals surface area contributed by atoms with Crippen molar-refractivity contribution in [3.63, 3.8) is 0 Å². The number of benzene rings is 3. The fourth-order valence-electron chi connectivity index (χ4n) is 2.68. The highest BCUT2D eigenvalue weighted by atomic mass is 32.2. The smallest absolute Gasteiger partial charge is 0.296 e. The Labute approximate surface area is 167 Å². The van der Waals surface area contributed by atoms with Crippen LogP contribution in [-0.2, 0) is 19.1 Å². The Morgan fingerprint density at radius 3 is 2.41 bits per heavy atom. The number of carbonyl (C=O) groups is 1. The maximum Gasteiger partial charge on any atom is 0.296 e. The highest BCUT2D eigenvalue weighted by Crippen LogP contribution is 2.40.